The summed E-state index contributed by atoms with van der Waals surface area (Å²) in [6, 6.07) is 21.0. The number of fused-ring (bicyclic) bond motifs is 1. The van der Waals surface area contributed by atoms with E-state index in [9.17, 15) is 18.0 Å². The van der Waals surface area contributed by atoms with Gasteiger partial charge < -0.3 is 11.1 Å². The summed E-state index contributed by atoms with van der Waals surface area (Å²) in [4.78, 5) is 29.7. The molecule has 0 saturated heterocycles. The third-order valence-corrected chi connectivity index (χ3v) is 7.49. The van der Waals surface area contributed by atoms with Gasteiger partial charge in [0.1, 0.15) is 12.0 Å². The molecule has 182 valence electrons. The number of carbonyl (C=O) groups is 2. The fourth-order valence-electron chi connectivity index (χ4n) is 4.55. The standard InChI is InChI=1S/C27H24N4O4S/c1-36(34,35)25-8-3-2-7-21(25)17-9-11-18(12-10-17)22-14-24(32)26-23(15-29-22)30-16-31(26)20-6-4-5-19(13-20)27(28)33/h2-13,16,22,29H,14-15H2,1H3,(H2,28,33). The van der Waals surface area contributed by atoms with E-state index in [0.717, 1.165) is 11.1 Å². The molecular formula is C27H24N4O4S. The number of ketones is 1. The molecular weight excluding hydrogens is 476 g/mol. The number of carbonyl (C=O) groups excluding carboxylic acids is 2. The number of hydrogen-bond donors (Lipinski definition) is 2. The summed E-state index contributed by atoms with van der Waals surface area (Å²) in [6.45, 7) is 0.396. The van der Waals surface area contributed by atoms with Crippen LogP contribution in [-0.2, 0) is 16.4 Å². The van der Waals surface area contributed by atoms with Crippen molar-refractivity contribution in [3.8, 4) is 16.8 Å². The van der Waals surface area contributed by atoms with Crippen LogP contribution < -0.4 is 11.1 Å². The second-order valence-electron chi connectivity index (χ2n) is 8.78. The predicted molar refractivity (Wildman–Crippen MR) is 136 cm³/mol. The van der Waals surface area contributed by atoms with Crippen molar-refractivity contribution in [2.24, 2.45) is 5.73 Å². The number of nitrogens with one attached hydrogen (secondary N) is 1. The van der Waals surface area contributed by atoms with Crippen LogP contribution in [0.5, 0.6) is 0 Å². The van der Waals surface area contributed by atoms with Gasteiger partial charge in [0.25, 0.3) is 0 Å². The minimum atomic E-state index is -3.38. The molecule has 1 aliphatic rings. The SMILES string of the molecule is CS(=O)(=O)c1ccccc1-c1ccc(C2CC(=O)c3c(ncn3-c3cccc(C(N)=O)c3)CN2)cc1. The summed E-state index contributed by atoms with van der Waals surface area (Å²) in [7, 11) is -3.38. The molecule has 0 aliphatic carbocycles. The van der Waals surface area contributed by atoms with E-state index < -0.39 is 15.7 Å². The highest BCUT2D eigenvalue weighted by atomic mass is 32.2. The third kappa shape index (κ3) is 4.46. The Kier molecular flexibility index (Phi) is 6.03. The van der Waals surface area contributed by atoms with Crippen LogP contribution in [0, 0.1) is 0 Å². The normalized spacial score (nSPS) is 15.8. The lowest BCUT2D eigenvalue weighted by Gasteiger charge is -2.17. The van der Waals surface area contributed by atoms with E-state index in [1.165, 1.54) is 6.26 Å². The molecule has 0 saturated carbocycles. The van der Waals surface area contributed by atoms with E-state index >= 15 is 0 Å². The van der Waals surface area contributed by atoms with Gasteiger partial charge in [0, 0.05) is 42.1 Å². The van der Waals surface area contributed by atoms with Crippen molar-refractivity contribution in [2.45, 2.75) is 23.9 Å². The molecule has 1 amide bonds. The van der Waals surface area contributed by atoms with Gasteiger partial charge in [0.15, 0.2) is 15.6 Å². The van der Waals surface area contributed by atoms with Gasteiger partial charge in [-0.05, 0) is 35.4 Å². The maximum absolute atomic E-state index is 13.3. The van der Waals surface area contributed by atoms with Gasteiger partial charge in [-0.3, -0.25) is 14.2 Å². The van der Waals surface area contributed by atoms with Crippen molar-refractivity contribution in [1.29, 1.82) is 0 Å². The molecule has 2 heterocycles. The lowest BCUT2D eigenvalue weighted by atomic mass is 9.97. The predicted octanol–water partition coefficient (Wildman–Crippen LogP) is 3.46. The van der Waals surface area contributed by atoms with Crippen molar-refractivity contribution in [1.82, 2.24) is 14.9 Å². The quantitative estimate of drug-likeness (QED) is 0.433. The van der Waals surface area contributed by atoms with Gasteiger partial charge in [-0.15, -0.1) is 0 Å². The Hall–Kier alpha value is -4.08. The monoisotopic (exact) mass is 500 g/mol. The first kappa shape index (κ1) is 23.7. The minimum absolute atomic E-state index is 0.0755. The number of benzene rings is 3. The number of Topliss-reactive ketones (excluding diaryl/α,β-unsaturated/α-hetero) is 1. The third-order valence-electron chi connectivity index (χ3n) is 6.33. The van der Waals surface area contributed by atoms with E-state index in [2.05, 4.69) is 10.3 Å². The first-order chi connectivity index (χ1) is 17.2. The Labute approximate surface area is 208 Å². The van der Waals surface area contributed by atoms with Crippen LogP contribution in [-0.4, -0.2) is 35.9 Å². The number of nitrogens with zero attached hydrogens (tertiary/aromatic N) is 2. The van der Waals surface area contributed by atoms with Crippen LogP contribution in [0.2, 0.25) is 0 Å². The lowest BCUT2D eigenvalue weighted by Crippen LogP contribution is -2.20. The van der Waals surface area contributed by atoms with Crippen LogP contribution in [0.3, 0.4) is 0 Å². The van der Waals surface area contributed by atoms with Gasteiger partial charge in [-0.2, -0.15) is 0 Å². The number of aromatic nitrogens is 2. The van der Waals surface area contributed by atoms with Crippen molar-refractivity contribution < 1.29 is 18.0 Å². The summed E-state index contributed by atoms with van der Waals surface area (Å²) >= 11 is 0. The molecule has 0 bridgehead atoms. The largest absolute Gasteiger partial charge is 0.366 e. The van der Waals surface area contributed by atoms with Crippen molar-refractivity contribution in [2.75, 3.05) is 6.26 Å². The molecule has 5 rings (SSSR count). The number of primary amides is 1. The van der Waals surface area contributed by atoms with Crippen LogP contribution in [0.15, 0.2) is 84.0 Å². The average molecular weight is 501 g/mol. The zero-order valence-corrected chi connectivity index (χ0v) is 20.3. The summed E-state index contributed by atoms with van der Waals surface area (Å²) in [5.74, 6) is -0.618. The summed E-state index contributed by atoms with van der Waals surface area (Å²) in [5, 5.41) is 3.41. The highest BCUT2D eigenvalue weighted by Crippen LogP contribution is 2.31. The fourth-order valence-corrected chi connectivity index (χ4v) is 5.46. The number of rotatable bonds is 5. The fraction of sp³-hybridized carbons (Fsp3) is 0.148. The first-order valence-electron chi connectivity index (χ1n) is 11.3. The molecule has 4 aromatic rings. The van der Waals surface area contributed by atoms with Gasteiger partial charge in [-0.1, -0.05) is 48.5 Å². The molecule has 8 nitrogen and oxygen atoms in total. The van der Waals surface area contributed by atoms with Gasteiger partial charge >= 0.3 is 0 Å². The maximum atomic E-state index is 13.3. The second kappa shape index (κ2) is 9.18. The molecule has 1 atom stereocenters. The molecule has 0 spiro atoms. The van der Waals surface area contributed by atoms with Gasteiger partial charge in [0.2, 0.25) is 5.91 Å². The molecule has 9 heteroatoms. The number of imidazole rings is 1. The van der Waals surface area contributed by atoms with Crippen LogP contribution in [0.25, 0.3) is 16.8 Å². The Bertz CT molecular complexity index is 1590. The zero-order chi connectivity index (χ0) is 25.4. The molecule has 3 N–H and O–H groups in total. The minimum Gasteiger partial charge on any atom is -0.366 e. The van der Waals surface area contributed by atoms with Gasteiger partial charge in [-0.25, -0.2) is 13.4 Å². The maximum Gasteiger partial charge on any atom is 0.248 e. The van der Waals surface area contributed by atoms with Gasteiger partial charge in [0.05, 0.1) is 10.6 Å². The van der Waals surface area contributed by atoms with Crippen LogP contribution in [0.4, 0.5) is 0 Å². The molecule has 36 heavy (non-hydrogen) atoms. The summed E-state index contributed by atoms with van der Waals surface area (Å²) in [6.07, 6.45) is 3.00. The highest BCUT2D eigenvalue weighted by Gasteiger charge is 2.28. The zero-order valence-electron chi connectivity index (χ0n) is 19.5. The first-order valence-corrected chi connectivity index (χ1v) is 13.2. The van der Waals surface area contributed by atoms with E-state index in [4.69, 9.17) is 5.73 Å². The lowest BCUT2D eigenvalue weighted by molar-refractivity contribution is 0.0965. The number of hydrogen-bond acceptors (Lipinski definition) is 6. The van der Waals surface area contributed by atoms with E-state index in [0.29, 0.717) is 34.7 Å². The van der Waals surface area contributed by atoms with E-state index in [1.807, 2.05) is 30.3 Å². The Balaban J connectivity index is 1.42. The van der Waals surface area contributed by atoms with Crippen molar-refractivity contribution >= 4 is 21.5 Å². The molecule has 1 aliphatic heterocycles. The average Bonchev–Trinajstić information content (AvgIpc) is 3.23. The van der Waals surface area contributed by atoms with Crippen LogP contribution in [0.1, 0.15) is 44.6 Å². The molecule has 0 fully saturated rings. The summed E-state index contributed by atoms with van der Waals surface area (Å²) < 4.78 is 26.1. The number of sulfone groups is 1. The smallest absolute Gasteiger partial charge is 0.248 e. The van der Waals surface area contributed by atoms with Crippen molar-refractivity contribution in [3.05, 3.63) is 102 Å². The molecule has 1 unspecified atom stereocenters. The molecule has 3 aromatic carbocycles. The summed E-state index contributed by atoms with van der Waals surface area (Å²) in [5.41, 5.74) is 9.85. The number of nitrogens with two attached hydrogens (primary N) is 1. The Morgan fingerprint density at radius 1 is 1.06 bits per heavy atom. The van der Waals surface area contributed by atoms with E-state index in [-0.39, 0.29) is 23.1 Å². The van der Waals surface area contributed by atoms with Crippen molar-refractivity contribution in [3.63, 3.8) is 0 Å². The van der Waals surface area contributed by atoms with E-state index in [1.54, 1.807) is 53.4 Å². The highest BCUT2D eigenvalue weighted by molar-refractivity contribution is 7.90. The Morgan fingerprint density at radius 2 is 1.81 bits per heavy atom. The molecule has 1 aromatic heterocycles. The molecule has 0 radical (unpaired) electrons. The van der Waals surface area contributed by atoms with Crippen LogP contribution >= 0.6 is 0 Å². The second-order valence-corrected chi connectivity index (χ2v) is 10.8. The topological polar surface area (TPSA) is 124 Å². The number of amides is 1. The Morgan fingerprint density at radius 3 is 2.53 bits per heavy atom.